The van der Waals surface area contributed by atoms with Crippen molar-refractivity contribution in [2.24, 2.45) is 0 Å². The second-order valence-corrected chi connectivity index (χ2v) is 15.5. The summed E-state index contributed by atoms with van der Waals surface area (Å²) in [6.45, 7) is 10.4. The zero-order chi connectivity index (χ0) is 34.7. The second-order valence-electron chi connectivity index (χ2n) is 13.5. The highest BCUT2D eigenvalue weighted by molar-refractivity contribution is 7.90. The summed E-state index contributed by atoms with van der Waals surface area (Å²) in [5.41, 5.74) is 7.43. The molecule has 7 rings (SSSR count). The topological polar surface area (TPSA) is 88.2 Å². The minimum Gasteiger partial charge on any atom is -0.497 e. The lowest BCUT2D eigenvalue weighted by molar-refractivity contribution is 0.414. The Bertz CT molecular complexity index is 2480. The Labute approximate surface area is 286 Å². The van der Waals surface area contributed by atoms with Gasteiger partial charge in [0.05, 0.1) is 34.9 Å². The van der Waals surface area contributed by atoms with Crippen LogP contribution in [0.25, 0.3) is 44.4 Å². The van der Waals surface area contributed by atoms with Gasteiger partial charge in [0.1, 0.15) is 23.1 Å². The third-order valence-corrected chi connectivity index (χ3v) is 9.98. The molecule has 0 aliphatic heterocycles. The SMILES string of the molecule is COc1ccnc(-n2c3ccccc3c3ccc(Oc4cc(-n5cc(-c6c(C)cc(S(C)(=O)=O)cc6C)cn5)cc(C(C)(C)C)c4)cc32)c1. The first-order valence-electron chi connectivity index (χ1n) is 16.0. The number of methoxy groups -OCH3 is 1. The van der Waals surface area contributed by atoms with Crippen LogP contribution in [0.2, 0.25) is 0 Å². The maximum absolute atomic E-state index is 12.2. The lowest BCUT2D eigenvalue weighted by atomic mass is 9.86. The maximum atomic E-state index is 12.2. The van der Waals surface area contributed by atoms with E-state index in [0.29, 0.717) is 16.4 Å². The molecule has 0 spiro atoms. The quantitative estimate of drug-likeness (QED) is 0.168. The summed E-state index contributed by atoms with van der Waals surface area (Å²) in [5.74, 6) is 2.86. The van der Waals surface area contributed by atoms with E-state index in [1.165, 1.54) is 6.26 Å². The fourth-order valence-electron chi connectivity index (χ4n) is 6.44. The molecule has 0 aliphatic rings. The summed E-state index contributed by atoms with van der Waals surface area (Å²) in [4.78, 5) is 5.00. The van der Waals surface area contributed by atoms with Crippen LogP contribution in [0.15, 0.2) is 108 Å². The number of rotatable bonds is 7. The van der Waals surface area contributed by atoms with Gasteiger partial charge < -0.3 is 9.47 Å². The van der Waals surface area contributed by atoms with E-state index in [4.69, 9.17) is 14.6 Å². The van der Waals surface area contributed by atoms with Gasteiger partial charge >= 0.3 is 0 Å². The molecule has 0 amide bonds. The number of para-hydroxylation sites is 1. The number of nitrogens with zero attached hydrogens (tertiary/aromatic N) is 4. The van der Waals surface area contributed by atoms with Crippen LogP contribution in [0, 0.1) is 13.8 Å². The van der Waals surface area contributed by atoms with Gasteiger partial charge in [0.25, 0.3) is 0 Å². The molecule has 0 aliphatic carbocycles. The fourth-order valence-corrected chi connectivity index (χ4v) is 7.22. The summed E-state index contributed by atoms with van der Waals surface area (Å²) in [6.07, 6.45) is 6.78. The Morgan fingerprint density at radius 2 is 1.51 bits per heavy atom. The predicted octanol–water partition coefficient (Wildman–Crippen LogP) is 9.15. The van der Waals surface area contributed by atoms with Crippen LogP contribution < -0.4 is 9.47 Å². The Kier molecular flexibility index (Phi) is 7.83. The maximum Gasteiger partial charge on any atom is 0.175 e. The summed E-state index contributed by atoms with van der Waals surface area (Å²) in [6, 6.07) is 27.9. The number of sulfone groups is 1. The number of aryl methyl sites for hydroxylation is 2. The molecule has 0 saturated carbocycles. The number of pyridine rings is 1. The van der Waals surface area contributed by atoms with Crippen LogP contribution in [0.4, 0.5) is 0 Å². The summed E-state index contributed by atoms with van der Waals surface area (Å²) < 4.78 is 40.6. The molecular weight excluding hydrogens is 633 g/mol. The molecule has 3 aromatic heterocycles. The zero-order valence-electron chi connectivity index (χ0n) is 28.6. The minimum absolute atomic E-state index is 0.160. The van der Waals surface area contributed by atoms with Crippen LogP contribution in [0.5, 0.6) is 17.2 Å². The molecule has 0 saturated heterocycles. The summed E-state index contributed by atoms with van der Waals surface area (Å²) in [5, 5.41) is 6.95. The van der Waals surface area contributed by atoms with Crippen molar-refractivity contribution in [2.75, 3.05) is 13.4 Å². The van der Waals surface area contributed by atoms with Crippen LogP contribution in [-0.4, -0.2) is 41.1 Å². The van der Waals surface area contributed by atoms with Gasteiger partial charge in [-0.3, -0.25) is 4.57 Å². The van der Waals surface area contributed by atoms with Crippen molar-refractivity contribution in [1.82, 2.24) is 19.3 Å². The molecule has 0 bridgehead atoms. The number of hydrogen-bond acceptors (Lipinski definition) is 6. The number of aromatic nitrogens is 4. The Morgan fingerprint density at radius 1 is 0.776 bits per heavy atom. The number of fused-ring (bicyclic) bond motifs is 3. The first-order chi connectivity index (χ1) is 23.3. The van der Waals surface area contributed by atoms with Crippen molar-refractivity contribution in [3.63, 3.8) is 0 Å². The molecule has 8 nitrogen and oxygen atoms in total. The Hall–Kier alpha value is -5.41. The molecule has 0 unspecified atom stereocenters. The van der Waals surface area contributed by atoms with Gasteiger partial charge in [-0.25, -0.2) is 18.1 Å². The number of hydrogen-bond donors (Lipinski definition) is 0. The highest BCUT2D eigenvalue weighted by atomic mass is 32.2. The fraction of sp³-hybridized carbons (Fsp3) is 0.200. The van der Waals surface area contributed by atoms with Gasteiger partial charge in [-0.15, -0.1) is 0 Å². The van der Waals surface area contributed by atoms with Crippen LogP contribution in [0.1, 0.15) is 37.5 Å². The van der Waals surface area contributed by atoms with Crippen LogP contribution in [0.3, 0.4) is 0 Å². The normalized spacial score (nSPS) is 12.1. The van der Waals surface area contributed by atoms with Crippen molar-refractivity contribution >= 4 is 31.6 Å². The van der Waals surface area contributed by atoms with E-state index < -0.39 is 9.84 Å². The molecule has 0 atom stereocenters. The lowest BCUT2D eigenvalue weighted by Crippen LogP contribution is -2.12. The minimum atomic E-state index is -3.32. The van der Waals surface area contributed by atoms with Gasteiger partial charge in [-0.1, -0.05) is 39.0 Å². The monoisotopic (exact) mass is 670 g/mol. The molecule has 248 valence electrons. The van der Waals surface area contributed by atoms with Gasteiger partial charge in [0, 0.05) is 53.2 Å². The highest BCUT2D eigenvalue weighted by Crippen LogP contribution is 2.37. The molecule has 49 heavy (non-hydrogen) atoms. The average Bonchev–Trinajstić information content (AvgIpc) is 3.66. The first kappa shape index (κ1) is 32.2. The van der Waals surface area contributed by atoms with Crippen molar-refractivity contribution in [2.45, 2.75) is 44.9 Å². The van der Waals surface area contributed by atoms with Crippen molar-refractivity contribution in [3.05, 3.63) is 120 Å². The first-order valence-corrected chi connectivity index (χ1v) is 17.9. The van der Waals surface area contributed by atoms with E-state index >= 15 is 0 Å². The largest absolute Gasteiger partial charge is 0.497 e. The number of ether oxygens (including phenoxy) is 2. The molecule has 7 aromatic rings. The van der Waals surface area contributed by atoms with E-state index in [-0.39, 0.29) is 5.41 Å². The van der Waals surface area contributed by atoms with Gasteiger partial charge in [-0.2, -0.15) is 5.10 Å². The van der Waals surface area contributed by atoms with Crippen LogP contribution >= 0.6 is 0 Å². The van der Waals surface area contributed by atoms with E-state index in [1.54, 1.807) is 25.4 Å². The second kappa shape index (κ2) is 11.9. The van der Waals surface area contributed by atoms with E-state index in [9.17, 15) is 8.42 Å². The highest BCUT2D eigenvalue weighted by Gasteiger charge is 2.20. The smallest absolute Gasteiger partial charge is 0.175 e. The predicted molar refractivity (Wildman–Crippen MR) is 195 cm³/mol. The molecule has 4 aromatic carbocycles. The Balaban J connectivity index is 1.30. The Morgan fingerprint density at radius 3 is 2.22 bits per heavy atom. The van der Waals surface area contributed by atoms with E-state index in [2.05, 4.69) is 66.7 Å². The molecule has 3 heterocycles. The van der Waals surface area contributed by atoms with Gasteiger partial charge in [0.15, 0.2) is 9.84 Å². The van der Waals surface area contributed by atoms with Crippen molar-refractivity contribution in [3.8, 4) is 39.9 Å². The van der Waals surface area contributed by atoms with E-state index in [1.807, 2.05) is 67.3 Å². The van der Waals surface area contributed by atoms with E-state index in [0.717, 1.165) is 66.9 Å². The summed E-state index contributed by atoms with van der Waals surface area (Å²) >= 11 is 0. The molecule has 0 radical (unpaired) electrons. The standard InChI is InChI=1S/C40H38N4O4S/c1-25-16-33(49(7,45)46)17-26(2)39(25)27-23-42-43(24-27)29-18-28(40(3,4)5)19-32(20-29)48-31-12-13-35-34-10-8-9-11-36(34)44(37(35)21-31)38-22-30(47-6)14-15-41-38/h8-24H,1-7H3. The van der Waals surface area contributed by atoms with Crippen LogP contribution in [-0.2, 0) is 15.3 Å². The lowest BCUT2D eigenvalue weighted by Gasteiger charge is -2.21. The van der Waals surface area contributed by atoms with Crippen molar-refractivity contribution < 1.29 is 17.9 Å². The van der Waals surface area contributed by atoms with Gasteiger partial charge in [-0.05, 0) is 90.0 Å². The average molecular weight is 671 g/mol. The molecule has 9 heteroatoms. The molecule has 0 N–H and O–H groups in total. The van der Waals surface area contributed by atoms with Crippen molar-refractivity contribution in [1.29, 1.82) is 0 Å². The third kappa shape index (κ3) is 6.06. The zero-order valence-corrected chi connectivity index (χ0v) is 29.5. The number of benzene rings is 4. The molecular formula is C40H38N4O4S. The molecule has 0 fully saturated rings. The third-order valence-electron chi connectivity index (χ3n) is 8.89. The summed E-state index contributed by atoms with van der Waals surface area (Å²) in [7, 11) is -1.66. The van der Waals surface area contributed by atoms with Gasteiger partial charge in [0.2, 0.25) is 0 Å².